The number of ether oxygens (including phenoxy) is 2. The van der Waals surface area contributed by atoms with E-state index in [-0.39, 0.29) is 0 Å². The van der Waals surface area contributed by atoms with E-state index in [1.807, 2.05) is 30.3 Å². The zero-order valence-electron chi connectivity index (χ0n) is 9.92. The Balaban J connectivity index is 1.68. The van der Waals surface area contributed by atoms with Gasteiger partial charge in [-0.1, -0.05) is 18.2 Å². The molecule has 1 aliphatic heterocycles. The van der Waals surface area contributed by atoms with E-state index in [0.717, 1.165) is 32.1 Å². The molecule has 1 saturated heterocycles. The molecule has 0 aromatic heterocycles. The molecule has 1 heterocycles. The number of β-amino-alcohol motifs (C(OH)–C–C–N with tert-alkyl or cyclic N) is 1. The first kappa shape index (κ1) is 12.4. The lowest BCUT2D eigenvalue weighted by molar-refractivity contribution is 0.00465. The number of aliphatic hydroxyl groups excluding tert-OH is 1. The van der Waals surface area contributed by atoms with Gasteiger partial charge in [0.05, 0.1) is 13.2 Å². The van der Waals surface area contributed by atoms with Crippen molar-refractivity contribution >= 4 is 0 Å². The van der Waals surface area contributed by atoms with Gasteiger partial charge in [-0.2, -0.15) is 0 Å². The topological polar surface area (TPSA) is 41.9 Å². The number of aliphatic hydroxyl groups is 1. The highest BCUT2D eigenvalue weighted by molar-refractivity contribution is 5.20. The maximum atomic E-state index is 9.86. The third-order valence-corrected chi connectivity index (χ3v) is 2.76. The fourth-order valence-electron chi connectivity index (χ4n) is 1.84. The van der Waals surface area contributed by atoms with Gasteiger partial charge in [-0.3, -0.25) is 4.90 Å². The molecule has 1 aromatic carbocycles. The third kappa shape index (κ3) is 4.34. The molecule has 17 heavy (non-hydrogen) atoms. The van der Waals surface area contributed by atoms with Crippen LogP contribution in [-0.2, 0) is 4.74 Å². The smallest absolute Gasteiger partial charge is 0.119 e. The Morgan fingerprint density at radius 1 is 1.24 bits per heavy atom. The lowest BCUT2D eigenvalue weighted by atomic mass is 10.3. The minimum Gasteiger partial charge on any atom is -0.491 e. The zero-order valence-corrected chi connectivity index (χ0v) is 9.92. The fraction of sp³-hybridized carbons (Fsp3) is 0.538. The summed E-state index contributed by atoms with van der Waals surface area (Å²) in [5.41, 5.74) is 0. The summed E-state index contributed by atoms with van der Waals surface area (Å²) in [6.45, 7) is 4.28. The van der Waals surface area contributed by atoms with Crippen molar-refractivity contribution in [2.75, 3.05) is 39.5 Å². The molecule has 94 valence electrons. The highest BCUT2D eigenvalue weighted by Gasteiger charge is 2.15. The van der Waals surface area contributed by atoms with Gasteiger partial charge in [0.1, 0.15) is 18.5 Å². The maximum Gasteiger partial charge on any atom is 0.119 e. The molecular formula is C13H19NO3. The van der Waals surface area contributed by atoms with Crippen LogP contribution in [0.25, 0.3) is 0 Å². The highest BCUT2D eigenvalue weighted by Crippen LogP contribution is 2.09. The Morgan fingerprint density at radius 2 is 1.94 bits per heavy atom. The van der Waals surface area contributed by atoms with Crippen molar-refractivity contribution in [3.8, 4) is 5.75 Å². The molecule has 0 aliphatic carbocycles. The average molecular weight is 237 g/mol. The van der Waals surface area contributed by atoms with E-state index in [1.165, 1.54) is 0 Å². The number of nitrogens with zero attached hydrogens (tertiary/aromatic N) is 1. The van der Waals surface area contributed by atoms with E-state index in [4.69, 9.17) is 9.47 Å². The summed E-state index contributed by atoms with van der Waals surface area (Å²) < 4.78 is 10.8. The molecule has 0 spiro atoms. The summed E-state index contributed by atoms with van der Waals surface area (Å²) in [6, 6.07) is 9.56. The van der Waals surface area contributed by atoms with Gasteiger partial charge in [0, 0.05) is 19.6 Å². The normalized spacial score (nSPS) is 18.9. The summed E-state index contributed by atoms with van der Waals surface area (Å²) in [5.74, 6) is 0.800. The number of hydrogen-bond donors (Lipinski definition) is 1. The number of benzene rings is 1. The lowest BCUT2D eigenvalue weighted by Crippen LogP contribution is -2.42. The van der Waals surface area contributed by atoms with Crippen molar-refractivity contribution < 1.29 is 14.6 Å². The molecule has 1 aliphatic rings. The van der Waals surface area contributed by atoms with Crippen molar-refractivity contribution in [1.29, 1.82) is 0 Å². The van der Waals surface area contributed by atoms with Crippen molar-refractivity contribution in [2.45, 2.75) is 6.10 Å². The monoisotopic (exact) mass is 237 g/mol. The highest BCUT2D eigenvalue weighted by atomic mass is 16.5. The van der Waals surface area contributed by atoms with E-state index in [0.29, 0.717) is 13.2 Å². The van der Waals surface area contributed by atoms with Gasteiger partial charge in [-0.15, -0.1) is 0 Å². The largest absolute Gasteiger partial charge is 0.491 e. The minimum absolute atomic E-state index is 0.335. The Kier molecular flexibility index (Phi) is 4.79. The number of morpholine rings is 1. The third-order valence-electron chi connectivity index (χ3n) is 2.76. The lowest BCUT2D eigenvalue weighted by Gasteiger charge is -2.28. The molecule has 0 radical (unpaired) electrons. The summed E-state index contributed by atoms with van der Waals surface area (Å²) >= 11 is 0. The van der Waals surface area contributed by atoms with Crippen LogP contribution in [-0.4, -0.2) is 55.6 Å². The standard InChI is InChI=1S/C13H19NO3/c15-12(10-14-6-8-16-9-7-14)11-17-13-4-2-1-3-5-13/h1-5,12,15H,6-11H2/t12-/m0/s1. The molecule has 2 rings (SSSR count). The molecule has 1 N–H and O–H groups in total. The quantitative estimate of drug-likeness (QED) is 0.821. The molecule has 0 unspecified atom stereocenters. The number of hydrogen-bond acceptors (Lipinski definition) is 4. The molecular weight excluding hydrogens is 218 g/mol. The van der Waals surface area contributed by atoms with Crippen LogP contribution in [0.4, 0.5) is 0 Å². The second-order valence-corrected chi connectivity index (χ2v) is 4.19. The molecule has 1 aromatic rings. The molecule has 0 bridgehead atoms. The van der Waals surface area contributed by atoms with Crippen LogP contribution in [0.2, 0.25) is 0 Å². The average Bonchev–Trinajstić information content (AvgIpc) is 2.39. The van der Waals surface area contributed by atoms with Crippen molar-refractivity contribution in [3.63, 3.8) is 0 Å². The molecule has 0 amide bonds. The number of rotatable bonds is 5. The van der Waals surface area contributed by atoms with E-state index in [2.05, 4.69) is 4.90 Å². The van der Waals surface area contributed by atoms with Crippen molar-refractivity contribution in [3.05, 3.63) is 30.3 Å². The molecule has 4 heteroatoms. The van der Waals surface area contributed by atoms with Crippen LogP contribution < -0.4 is 4.74 Å². The second kappa shape index (κ2) is 6.59. The Bertz CT molecular complexity index is 312. The summed E-state index contributed by atoms with van der Waals surface area (Å²) in [4.78, 5) is 2.20. The number of para-hydroxylation sites is 1. The van der Waals surface area contributed by atoms with Crippen LogP contribution in [0.15, 0.2) is 30.3 Å². The maximum absolute atomic E-state index is 9.86. The van der Waals surface area contributed by atoms with Gasteiger partial charge in [0.25, 0.3) is 0 Å². The molecule has 4 nitrogen and oxygen atoms in total. The first-order chi connectivity index (χ1) is 8.34. The molecule has 1 atom stereocenters. The molecule has 0 saturated carbocycles. The summed E-state index contributed by atoms with van der Waals surface area (Å²) in [6.07, 6.45) is -0.451. The van der Waals surface area contributed by atoms with Crippen LogP contribution in [0.5, 0.6) is 5.75 Å². The van der Waals surface area contributed by atoms with E-state index in [9.17, 15) is 5.11 Å². The zero-order chi connectivity index (χ0) is 11.9. The molecule has 1 fully saturated rings. The van der Waals surface area contributed by atoms with Gasteiger partial charge in [0.2, 0.25) is 0 Å². The van der Waals surface area contributed by atoms with Gasteiger partial charge >= 0.3 is 0 Å². The van der Waals surface area contributed by atoms with Crippen LogP contribution in [0.1, 0.15) is 0 Å². The Labute approximate surface area is 102 Å². The second-order valence-electron chi connectivity index (χ2n) is 4.19. The van der Waals surface area contributed by atoms with Crippen LogP contribution in [0.3, 0.4) is 0 Å². The van der Waals surface area contributed by atoms with E-state index in [1.54, 1.807) is 0 Å². The minimum atomic E-state index is -0.451. The van der Waals surface area contributed by atoms with E-state index >= 15 is 0 Å². The Morgan fingerprint density at radius 3 is 2.65 bits per heavy atom. The van der Waals surface area contributed by atoms with Gasteiger partial charge < -0.3 is 14.6 Å². The Hall–Kier alpha value is -1.10. The predicted octanol–water partition coefficient (Wildman–Crippen LogP) is 0.758. The van der Waals surface area contributed by atoms with Gasteiger partial charge in [-0.25, -0.2) is 0 Å². The van der Waals surface area contributed by atoms with Crippen LogP contribution in [0, 0.1) is 0 Å². The SMILES string of the molecule is O[C@H](COc1ccccc1)CN1CCOCC1. The van der Waals surface area contributed by atoms with Crippen molar-refractivity contribution in [2.24, 2.45) is 0 Å². The van der Waals surface area contributed by atoms with Crippen molar-refractivity contribution in [1.82, 2.24) is 4.90 Å². The van der Waals surface area contributed by atoms with Gasteiger partial charge in [-0.05, 0) is 12.1 Å². The first-order valence-electron chi connectivity index (χ1n) is 6.00. The van der Waals surface area contributed by atoms with E-state index < -0.39 is 6.10 Å². The summed E-state index contributed by atoms with van der Waals surface area (Å²) in [7, 11) is 0. The summed E-state index contributed by atoms with van der Waals surface area (Å²) in [5, 5.41) is 9.86. The first-order valence-corrected chi connectivity index (χ1v) is 6.00. The predicted molar refractivity (Wildman–Crippen MR) is 65.2 cm³/mol. The van der Waals surface area contributed by atoms with Crippen LogP contribution >= 0.6 is 0 Å². The fourth-order valence-corrected chi connectivity index (χ4v) is 1.84. The van der Waals surface area contributed by atoms with Gasteiger partial charge in [0.15, 0.2) is 0 Å².